The molecule has 1 aromatic carbocycles. The third-order valence-electron chi connectivity index (χ3n) is 4.19. The maximum atomic E-state index is 12.8. The summed E-state index contributed by atoms with van der Waals surface area (Å²) in [5.41, 5.74) is 0.590. The molecule has 0 unspecified atom stereocenters. The fraction of sp³-hybridized carbons (Fsp3) is 0.176. The van der Waals surface area contributed by atoms with Gasteiger partial charge < -0.3 is 4.42 Å². The van der Waals surface area contributed by atoms with Crippen LogP contribution in [-0.4, -0.2) is 14.5 Å². The van der Waals surface area contributed by atoms with Crippen molar-refractivity contribution in [3.63, 3.8) is 0 Å². The molecule has 3 aromatic heterocycles. The topological polar surface area (TPSA) is 78.0 Å². The predicted octanol–water partition coefficient (Wildman–Crippen LogP) is 2.20. The second-order valence-corrected chi connectivity index (χ2v) is 5.55. The van der Waals surface area contributed by atoms with Gasteiger partial charge in [-0.05, 0) is 19.9 Å². The summed E-state index contributed by atoms with van der Waals surface area (Å²) in [6.07, 6.45) is 0. The van der Waals surface area contributed by atoms with Crippen molar-refractivity contribution in [2.24, 2.45) is 7.05 Å². The molecule has 0 aliphatic heterocycles. The van der Waals surface area contributed by atoms with E-state index in [4.69, 9.17) is 4.42 Å². The fourth-order valence-electron chi connectivity index (χ4n) is 2.95. The SMILES string of the molecule is Cc1nc2nc(C)n(C)c(=O)c2c2c1c(=O)oc1ccccc12. The monoisotopic (exact) mass is 307 g/mol. The van der Waals surface area contributed by atoms with Gasteiger partial charge in [0.05, 0.1) is 16.5 Å². The van der Waals surface area contributed by atoms with Crippen molar-refractivity contribution in [2.45, 2.75) is 13.8 Å². The summed E-state index contributed by atoms with van der Waals surface area (Å²) in [5.74, 6) is 0.570. The van der Waals surface area contributed by atoms with E-state index in [0.717, 1.165) is 0 Å². The molecular weight excluding hydrogens is 294 g/mol. The van der Waals surface area contributed by atoms with Gasteiger partial charge in [-0.2, -0.15) is 0 Å². The molecule has 0 saturated carbocycles. The zero-order valence-electron chi connectivity index (χ0n) is 12.9. The van der Waals surface area contributed by atoms with E-state index in [-0.39, 0.29) is 5.56 Å². The van der Waals surface area contributed by atoms with Crippen LogP contribution in [0.5, 0.6) is 0 Å². The molecule has 6 nitrogen and oxygen atoms in total. The molecule has 6 heteroatoms. The van der Waals surface area contributed by atoms with Gasteiger partial charge in [0, 0.05) is 17.8 Å². The Bertz CT molecular complexity index is 1240. The molecule has 3 heterocycles. The number of aryl methyl sites for hydroxylation is 2. The lowest BCUT2D eigenvalue weighted by atomic mass is 10.0. The Balaban J connectivity index is 2.50. The van der Waals surface area contributed by atoms with Crippen LogP contribution in [0.4, 0.5) is 0 Å². The highest BCUT2D eigenvalue weighted by Crippen LogP contribution is 2.28. The summed E-state index contributed by atoms with van der Waals surface area (Å²) in [4.78, 5) is 33.9. The van der Waals surface area contributed by atoms with Crippen molar-refractivity contribution in [1.82, 2.24) is 14.5 Å². The minimum absolute atomic E-state index is 0.222. The smallest absolute Gasteiger partial charge is 0.346 e. The van der Waals surface area contributed by atoms with E-state index in [1.54, 1.807) is 33.0 Å². The molecule has 114 valence electrons. The summed E-state index contributed by atoms with van der Waals surface area (Å²) in [5, 5.41) is 1.95. The van der Waals surface area contributed by atoms with E-state index >= 15 is 0 Å². The fourth-order valence-corrected chi connectivity index (χ4v) is 2.95. The van der Waals surface area contributed by atoms with Gasteiger partial charge in [0.1, 0.15) is 11.4 Å². The molecule has 0 spiro atoms. The van der Waals surface area contributed by atoms with Gasteiger partial charge >= 0.3 is 5.63 Å². The standard InChI is InChI=1S/C17H13N3O3/c1-8-12-13(10-6-4-5-7-11(10)23-17(12)22)14-15(18-8)19-9(2)20(3)16(14)21/h4-7H,1-3H3. The zero-order valence-corrected chi connectivity index (χ0v) is 12.9. The number of nitrogens with zero attached hydrogens (tertiary/aromatic N) is 3. The highest BCUT2D eigenvalue weighted by Gasteiger charge is 2.18. The summed E-state index contributed by atoms with van der Waals surface area (Å²) < 4.78 is 6.83. The highest BCUT2D eigenvalue weighted by molar-refractivity contribution is 6.17. The Morgan fingerprint density at radius 2 is 1.74 bits per heavy atom. The minimum atomic E-state index is -0.492. The lowest BCUT2D eigenvalue weighted by Gasteiger charge is -2.10. The lowest BCUT2D eigenvalue weighted by molar-refractivity contribution is 0.569. The van der Waals surface area contributed by atoms with Crippen molar-refractivity contribution in [2.75, 3.05) is 0 Å². The van der Waals surface area contributed by atoms with E-state index in [2.05, 4.69) is 9.97 Å². The normalized spacial score (nSPS) is 11.6. The predicted molar refractivity (Wildman–Crippen MR) is 87.8 cm³/mol. The van der Waals surface area contributed by atoms with E-state index in [1.165, 1.54) is 4.57 Å². The molecular formula is C17H13N3O3. The first-order valence-electron chi connectivity index (χ1n) is 7.18. The van der Waals surface area contributed by atoms with Gasteiger partial charge in [-0.1, -0.05) is 18.2 Å². The van der Waals surface area contributed by atoms with E-state index in [9.17, 15) is 9.59 Å². The van der Waals surface area contributed by atoms with E-state index < -0.39 is 5.63 Å². The molecule has 0 N–H and O–H groups in total. The van der Waals surface area contributed by atoms with Crippen LogP contribution in [0, 0.1) is 13.8 Å². The first kappa shape index (κ1) is 13.6. The van der Waals surface area contributed by atoms with E-state index in [0.29, 0.717) is 44.3 Å². The van der Waals surface area contributed by atoms with Gasteiger partial charge in [0.15, 0.2) is 5.65 Å². The van der Waals surface area contributed by atoms with Gasteiger partial charge in [-0.25, -0.2) is 14.8 Å². The van der Waals surface area contributed by atoms with Crippen LogP contribution >= 0.6 is 0 Å². The lowest BCUT2D eigenvalue weighted by Crippen LogP contribution is -2.22. The summed E-state index contributed by atoms with van der Waals surface area (Å²) in [6, 6.07) is 7.17. The van der Waals surface area contributed by atoms with Gasteiger partial charge in [0.25, 0.3) is 5.56 Å². The quantitative estimate of drug-likeness (QED) is 0.367. The van der Waals surface area contributed by atoms with Crippen molar-refractivity contribution in [3.05, 3.63) is 56.6 Å². The van der Waals surface area contributed by atoms with Crippen LogP contribution in [0.1, 0.15) is 11.5 Å². The first-order valence-corrected chi connectivity index (χ1v) is 7.18. The third-order valence-corrected chi connectivity index (χ3v) is 4.19. The summed E-state index contributed by atoms with van der Waals surface area (Å²) >= 11 is 0. The number of benzene rings is 1. The van der Waals surface area contributed by atoms with Crippen LogP contribution in [-0.2, 0) is 7.05 Å². The molecule has 0 fully saturated rings. The van der Waals surface area contributed by atoms with Crippen LogP contribution in [0.3, 0.4) is 0 Å². The molecule has 23 heavy (non-hydrogen) atoms. The number of aromatic nitrogens is 3. The average Bonchev–Trinajstić information content (AvgIpc) is 2.52. The van der Waals surface area contributed by atoms with Crippen LogP contribution in [0.25, 0.3) is 32.8 Å². The first-order chi connectivity index (χ1) is 11.0. The van der Waals surface area contributed by atoms with Gasteiger partial charge in [0.2, 0.25) is 0 Å². The molecule has 0 atom stereocenters. The number of para-hydroxylation sites is 1. The number of pyridine rings is 1. The molecule has 4 aromatic rings. The van der Waals surface area contributed by atoms with Crippen LogP contribution < -0.4 is 11.2 Å². The van der Waals surface area contributed by atoms with Crippen LogP contribution in [0.2, 0.25) is 0 Å². The van der Waals surface area contributed by atoms with Crippen molar-refractivity contribution in [1.29, 1.82) is 0 Å². The maximum Gasteiger partial charge on any atom is 0.346 e. The van der Waals surface area contributed by atoms with Gasteiger partial charge in [-0.15, -0.1) is 0 Å². The number of hydrogen-bond donors (Lipinski definition) is 0. The molecule has 4 rings (SSSR count). The third kappa shape index (κ3) is 1.75. The number of rotatable bonds is 0. The zero-order chi connectivity index (χ0) is 16.3. The van der Waals surface area contributed by atoms with Crippen LogP contribution in [0.15, 0.2) is 38.3 Å². The molecule has 0 bridgehead atoms. The Morgan fingerprint density at radius 3 is 2.52 bits per heavy atom. The Morgan fingerprint density at radius 1 is 1.00 bits per heavy atom. The molecule has 0 aliphatic carbocycles. The average molecular weight is 307 g/mol. The number of fused-ring (bicyclic) bond motifs is 5. The van der Waals surface area contributed by atoms with E-state index in [1.807, 2.05) is 12.1 Å². The highest BCUT2D eigenvalue weighted by atomic mass is 16.4. The largest absolute Gasteiger partial charge is 0.422 e. The summed E-state index contributed by atoms with van der Waals surface area (Å²) in [6.45, 7) is 3.47. The summed E-state index contributed by atoms with van der Waals surface area (Å²) in [7, 11) is 1.66. The second-order valence-electron chi connectivity index (χ2n) is 5.55. The second kappa shape index (κ2) is 4.49. The molecule has 0 aliphatic rings. The van der Waals surface area contributed by atoms with Crippen molar-refractivity contribution in [3.8, 4) is 0 Å². The number of hydrogen-bond acceptors (Lipinski definition) is 5. The Labute approximate surface area is 130 Å². The minimum Gasteiger partial charge on any atom is -0.422 e. The Hall–Kier alpha value is -3.02. The van der Waals surface area contributed by atoms with Crippen molar-refractivity contribution >= 4 is 32.8 Å². The molecule has 0 amide bonds. The Kier molecular flexibility index (Phi) is 2.66. The molecule has 0 radical (unpaired) electrons. The van der Waals surface area contributed by atoms with Crippen molar-refractivity contribution < 1.29 is 4.42 Å². The maximum absolute atomic E-state index is 12.8. The molecule has 0 saturated heterocycles. The van der Waals surface area contributed by atoms with Gasteiger partial charge in [-0.3, -0.25) is 9.36 Å².